The van der Waals surface area contributed by atoms with Gasteiger partial charge in [-0.15, -0.1) is 5.10 Å². The van der Waals surface area contributed by atoms with Crippen LogP contribution in [0.2, 0.25) is 0 Å². The molecule has 0 unspecified atom stereocenters. The van der Waals surface area contributed by atoms with Crippen molar-refractivity contribution >= 4 is 28.3 Å². The lowest BCUT2D eigenvalue weighted by molar-refractivity contribution is 0.0126. The van der Waals surface area contributed by atoms with E-state index < -0.39 is 5.60 Å². The highest BCUT2D eigenvalue weighted by Crippen LogP contribution is 2.28. The third-order valence-electron chi connectivity index (χ3n) is 5.37. The maximum atomic E-state index is 12.2. The Hall–Kier alpha value is -3.47. The smallest absolute Gasteiger partial charge is 0.410 e. The molecule has 0 N–H and O–H groups in total. The number of nitrogens with zero attached hydrogens (tertiary/aromatic N) is 7. The maximum Gasteiger partial charge on any atom is 0.410 e. The van der Waals surface area contributed by atoms with Crippen molar-refractivity contribution in [2.45, 2.75) is 45.3 Å². The SMILES string of the molecule is CC(C)(C)OC(=O)N1CCC(Oc2nc(-n3ccc4cc(-n5cnnn5)ccc43)cs2)CC1. The Morgan fingerprint density at radius 1 is 1.18 bits per heavy atom. The third kappa shape index (κ3) is 4.68. The lowest BCUT2D eigenvalue weighted by atomic mass is 10.1. The summed E-state index contributed by atoms with van der Waals surface area (Å²) in [7, 11) is 0. The zero-order valence-corrected chi connectivity index (χ0v) is 19.5. The van der Waals surface area contributed by atoms with Crippen molar-refractivity contribution in [3.8, 4) is 16.7 Å². The molecule has 11 heteroatoms. The predicted octanol–water partition coefficient (Wildman–Crippen LogP) is 3.84. The van der Waals surface area contributed by atoms with E-state index in [1.165, 1.54) is 11.3 Å². The number of hydrogen-bond acceptors (Lipinski definition) is 8. The molecule has 1 aromatic carbocycles. The van der Waals surface area contributed by atoms with Gasteiger partial charge in [-0.2, -0.15) is 4.98 Å². The molecule has 1 saturated heterocycles. The van der Waals surface area contributed by atoms with E-state index in [0.717, 1.165) is 35.2 Å². The van der Waals surface area contributed by atoms with Crippen LogP contribution < -0.4 is 4.74 Å². The van der Waals surface area contributed by atoms with E-state index >= 15 is 0 Å². The summed E-state index contributed by atoms with van der Waals surface area (Å²) in [5.41, 5.74) is 1.44. The molecule has 0 bridgehead atoms. The molecule has 1 fully saturated rings. The summed E-state index contributed by atoms with van der Waals surface area (Å²) in [5.74, 6) is 0.811. The van der Waals surface area contributed by atoms with E-state index in [1.807, 2.05) is 61.2 Å². The molecule has 4 aromatic rings. The fourth-order valence-corrected chi connectivity index (χ4v) is 4.50. The number of rotatable bonds is 4. The van der Waals surface area contributed by atoms with Gasteiger partial charge in [0, 0.05) is 42.9 Å². The Morgan fingerprint density at radius 2 is 2.00 bits per heavy atom. The van der Waals surface area contributed by atoms with Crippen LogP contribution in [0.5, 0.6) is 5.19 Å². The van der Waals surface area contributed by atoms with Gasteiger partial charge in [0.1, 0.15) is 18.0 Å². The molecule has 0 atom stereocenters. The quantitative estimate of drug-likeness (QED) is 0.449. The lowest BCUT2D eigenvalue weighted by Gasteiger charge is -2.33. The fourth-order valence-electron chi connectivity index (χ4n) is 3.79. The molecule has 0 aliphatic carbocycles. The van der Waals surface area contributed by atoms with Gasteiger partial charge >= 0.3 is 6.09 Å². The number of fused-ring (bicyclic) bond motifs is 1. The minimum atomic E-state index is -0.487. The Kier molecular flexibility index (Phi) is 5.49. The largest absolute Gasteiger partial charge is 0.467 e. The number of amides is 1. The fraction of sp³-hybridized carbons (Fsp3) is 0.409. The van der Waals surface area contributed by atoms with Crippen LogP contribution in [0.25, 0.3) is 22.4 Å². The second-order valence-electron chi connectivity index (χ2n) is 8.94. The van der Waals surface area contributed by atoms with E-state index in [1.54, 1.807) is 15.9 Å². The lowest BCUT2D eigenvalue weighted by Crippen LogP contribution is -2.44. The van der Waals surface area contributed by atoms with Crippen LogP contribution in [0.1, 0.15) is 33.6 Å². The van der Waals surface area contributed by atoms with Gasteiger partial charge in [-0.05, 0) is 55.5 Å². The topological polar surface area (TPSA) is 100 Å². The van der Waals surface area contributed by atoms with E-state index in [-0.39, 0.29) is 12.2 Å². The number of piperidine rings is 1. The summed E-state index contributed by atoms with van der Waals surface area (Å²) in [6.07, 6.45) is 4.83. The molecule has 10 nitrogen and oxygen atoms in total. The Bertz CT molecular complexity index is 1250. The van der Waals surface area contributed by atoms with Crippen molar-refractivity contribution in [3.05, 3.63) is 42.2 Å². The number of carbonyl (C=O) groups is 1. The molecule has 0 spiro atoms. The first-order valence-electron chi connectivity index (χ1n) is 10.8. The van der Waals surface area contributed by atoms with E-state index in [2.05, 4.69) is 20.5 Å². The third-order valence-corrected chi connectivity index (χ3v) is 6.08. The molecular formula is C22H25N7O3S. The average molecular weight is 468 g/mol. The number of benzene rings is 1. The van der Waals surface area contributed by atoms with Crippen molar-refractivity contribution in [2.75, 3.05) is 13.1 Å². The molecule has 33 heavy (non-hydrogen) atoms. The minimum Gasteiger partial charge on any atom is -0.467 e. The van der Waals surface area contributed by atoms with Gasteiger partial charge in [0.05, 0.1) is 11.2 Å². The standard InChI is InChI=1S/C22H25N7O3S/c1-22(2,3)32-21(30)27-9-7-17(8-10-27)31-20-24-19(13-33-20)28-11-6-15-12-16(4-5-18(15)28)29-14-23-25-26-29/h4-6,11-14,17H,7-10H2,1-3H3. The van der Waals surface area contributed by atoms with E-state index in [0.29, 0.717) is 18.3 Å². The van der Waals surface area contributed by atoms with Crippen molar-refractivity contribution in [2.24, 2.45) is 0 Å². The summed E-state index contributed by atoms with van der Waals surface area (Å²) in [5, 5.41) is 15.0. The Morgan fingerprint density at radius 3 is 2.73 bits per heavy atom. The zero-order chi connectivity index (χ0) is 23.0. The van der Waals surface area contributed by atoms with Gasteiger partial charge in [-0.25, -0.2) is 9.48 Å². The molecular weight excluding hydrogens is 442 g/mol. The second kappa shape index (κ2) is 8.47. The highest BCUT2D eigenvalue weighted by molar-refractivity contribution is 7.11. The molecule has 172 valence electrons. The van der Waals surface area contributed by atoms with Crippen LogP contribution in [0, 0.1) is 0 Å². The second-order valence-corrected chi connectivity index (χ2v) is 9.76. The van der Waals surface area contributed by atoms with Gasteiger partial charge in [-0.3, -0.25) is 0 Å². The highest BCUT2D eigenvalue weighted by Gasteiger charge is 2.28. The van der Waals surface area contributed by atoms with E-state index in [4.69, 9.17) is 9.47 Å². The summed E-state index contributed by atoms with van der Waals surface area (Å²) < 4.78 is 15.3. The van der Waals surface area contributed by atoms with Gasteiger partial charge in [-0.1, -0.05) is 11.3 Å². The number of aromatic nitrogens is 6. The minimum absolute atomic E-state index is 0.0305. The summed E-state index contributed by atoms with van der Waals surface area (Å²) in [4.78, 5) is 18.7. The maximum absolute atomic E-state index is 12.2. The number of ether oxygens (including phenoxy) is 2. The molecule has 0 saturated carbocycles. The Labute approximate surface area is 194 Å². The number of carbonyl (C=O) groups excluding carboxylic acids is 1. The molecule has 1 aliphatic rings. The van der Waals surface area contributed by atoms with Gasteiger partial charge in [0.2, 0.25) is 0 Å². The molecule has 3 aromatic heterocycles. The molecule has 4 heterocycles. The normalized spacial score (nSPS) is 15.2. The predicted molar refractivity (Wildman–Crippen MR) is 123 cm³/mol. The van der Waals surface area contributed by atoms with Gasteiger partial charge in [0.15, 0.2) is 5.82 Å². The summed E-state index contributed by atoms with van der Waals surface area (Å²) in [6, 6.07) is 8.07. The number of hydrogen-bond donors (Lipinski definition) is 0. The first-order valence-corrected chi connectivity index (χ1v) is 11.7. The van der Waals surface area contributed by atoms with Crippen LogP contribution >= 0.6 is 11.3 Å². The highest BCUT2D eigenvalue weighted by atomic mass is 32.1. The van der Waals surface area contributed by atoms with Crippen LogP contribution in [-0.4, -0.2) is 65.5 Å². The van der Waals surface area contributed by atoms with Crippen LogP contribution in [-0.2, 0) is 4.74 Å². The monoisotopic (exact) mass is 467 g/mol. The van der Waals surface area contributed by atoms with E-state index in [9.17, 15) is 4.79 Å². The first-order chi connectivity index (χ1) is 15.9. The molecule has 5 rings (SSSR count). The molecule has 1 aliphatic heterocycles. The summed E-state index contributed by atoms with van der Waals surface area (Å²) >= 11 is 1.48. The number of tetrazole rings is 1. The molecule has 0 radical (unpaired) electrons. The van der Waals surface area contributed by atoms with Crippen molar-refractivity contribution in [3.63, 3.8) is 0 Å². The van der Waals surface area contributed by atoms with Crippen LogP contribution in [0.3, 0.4) is 0 Å². The van der Waals surface area contributed by atoms with Crippen molar-refractivity contribution < 1.29 is 14.3 Å². The van der Waals surface area contributed by atoms with Gasteiger partial charge in [0.25, 0.3) is 5.19 Å². The molecule has 1 amide bonds. The van der Waals surface area contributed by atoms with Crippen LogP contribution in [0.4, 0.5) is 4.79 Å². The van der Waals surface area contributed by atoms with Crippen LogP contribution in [0.15, 0.2) is 42.2 Å². The zero-order valence-electron chi connectivity index (χ0n) is 18.7. The Balaban J connectivity index is 1.23. The van der Waals surface area contributed by atoms with Crippen molar-refractivity contribution in [1.82, 2.24) is 34.7 Å². The number of likely N-dealkylation sites (tertiary alicyclic amines) is 1. The van der Waals surface area contributed by atoms with Gasteiger partial charge < -0.3 is 18.9 Å². The number of thiazole rings is 1. The van der Waals surface area contributed by atoms with Crippen molar-refractivity contribution in [1.29, 1.82) is 0 Å². The summed E-state index contributed by atoms with van der Waals surface area (Å²) in [6.45, 7) is 6.86. The average Bonchev–Trinajstić information content (AvgIpc) is 3.53. The first kappa shape index (κ1) is 21.4.